The number of carbonyl (C=O) groups excluding carboxylic acids is 1. The summed E-state index contributed by atoms with van der Waals surface area (Å²) in [5, 5.41) is 23.2. The van der Waals surface area contributed by atoms with Crippen molar-refractivity contribution in [3.8, 4) is 28.5 Å². The molecular formula is C21H18N8O2. The Morgan fingerprint density at radius 3 is 2.71 bits per heavy atom. The molecule has 3 heterocycles. The van der Waals surface area contributed by atoms with Gasteiger partial charge >= 0.3 is 0 Å². The van der Waals surface area contributed by atoms with Crippen LogP contribution in [0.3, 0.4) is 0 Å². The number of primary amides is 1. The maximum Gasteiger partial charge on any atom is 0.248 e. The molecule has 10 nitrogen and oxygen atoms in total. The van der Waals surface area contributed by atoms with Gasteiger partial charge in [-0.2, -0.15) is 5.10 Å². The van der Waals surface area contributed by atoms with E-state index in [0.717, 1.165) is 11.1 Å². The van der Waals surface area contributed by atoms with Crippen LogP contribution in [0.4, 0.5) is 0 Å². The van der Waals surface area contributed by atoms with Crippen molar-refractivity contribution in [2.24, 2.45) is 12.8 Å². The van der Waals surface area contributed by atoms with Crippen LogP contribution in [0.25, 0.3) is 33.8 Å². The number of fused-ring (bicyclic) bond motifs is 1. The first-order chi connectivity index (χ1) is 15.0. The Kier molecular flexibility index (Phi) is 4.25. The lowest BCUT2D eigenvalue weighted by Crippen LogP contribution is -2.10. The summed E-state index contributed by atoms with van der Waals surface area (Å²) < 4.78 is 3.30. The first-order valence-electron chi connectivity index (χ1n) is 9.49. The second kappa shape index (κ2) is 7.10. The molecule has 0 aliphatic carbocycles. The highest BCUT2D eigenvalue weighted by Crippen LogP contribution is 2.37. The summed E-state index contributed by atoms with van der Waals surface area (Å²) in [7, 11) is 1.74. The molecule has 0 saturated heterocycles. The van der Waals surface area contributed by atoms with Crippen LogP contribution in [0.2, 0.25) is 0 Å². The van der Waals surface area contributed by atoms with Crippen molar-refractivity contribution < 1.29 is 9.90 Å². The number of aromatic amines is 1. The summed E-state index contributed by atoms with van der Waals surface area (Å²) in [6, 6.07) is 12.7. The standard InChI is InChI=1S/C21H18N8O2/c1-28-18(21-24-15-7-6-14(20(22)31)10-16(15)25-21)19(30)17(26-28)13-4-2-12(3-5-13)11-29-9-8-23-27-29/h2-10,30H,11H2,1H3,(H2,22,31)(H,24,25). The van der Waals surface area contributed by atoms with Gasteiger partial charge in [-0.1, -0.05) is 29.5 Å². The Hall–Kier alpha value is -4.47. The van der Waals surface area contributed by atoms with Crippen molar-refractivity contribution in [3.63, 3.8) is 0 Å². The summed E-state index contributed by atoms with van der Waals surface area (Å²) in [5.41, 5.74) is 9.74. The Labute approximate surface area is 176 Å². The SMILES string of the molecule is Cn1nc(-c2ccc(Cn3ccnn3)cc2)c(O)c1-c1nc2ccc(C(N)=O)cc2[nH]1. The molecular weight excluding hydrogens is 396 g/mol. The maximum atomic E-state index is 11.4. The monoisotopic (exact) mass is 414 g/mol. The molecule has 154 valence electrons. The molecule has 2 aromatic carbocycles. The Balaban J connectivity index is 1.49. The second-order valence-electron chi connectivity index (χ2n) is 7.15. The lowest BCUT2D eigenvalue weighted by atomic mass is 10.1. The number of aryl methyl sites for hydroxylation is 1. The van der Waals surface area contributed by atoms with E-state index in [4.69, 9.17) is 5.73 Å². The van der Waals surface area contributed by atoms with Gasteiger partial charge in [0.1, 0.15) is 11.4 Å². The molecule has 31 heavy (non-hydrogen) atoms. The number of amides is 1. The quantitative estimate of drug-likeness (QED) is 0.402. The van der Waals surface area contributed by atoms with Crippen molar-refractivity contribution in [2.75, 3.05) is 0 Å². The van der Waals surface area contributed by atoms with E-state index in [9.17, 15) is 9.90 Å². The number of nitrogens with two attached hydrogens (primary N) is 1. The third-order valence-electron chi connectivity index (χ3n) is 5.06. The molecule has 0 saturated carbocycles. The summed E-state index contributed by atoms with van der Waals surface area (Å²) in [6.07, 6.45) is 3.43. The van der Waals surface area contributed by atoms with E-state index in [1.165, 1.54) is 0 Å². The number of benzene rings is 2. The van der Waals surface area contributed by atoms with E-state index in [0.29, 0.717) is 40.4 Å². The van der Waals surface area contributed by atoms with Crippen LogP contribution < -0.4 is 5.73 Å². The molecule has 0 atom stereocenters. The summed E-state index contributed by atoms with van der Waals surface area (Å²) in [4.78, 5) is 19.1. The number of aromatic hydroxyl groups is 1. The van der Waals surface area contributed by atoms with Gasteiger partial charge in [0.15, 0.2) is 11.6 Å². The van der Waals surface area contributed by atoms with Crippen molar-refractivity contribution in [1.29, 1.82) is 0 Å². The largest absolute Gasteiger partial charge is 0.504 e. The van der Waals surface area contributed by atoms with E-state index in [1.54, 1.807) is 47.0 Å². The zero-order chi connectivity index (χ0) is 21.5. The number of H-pyrrole nitrogens is 1. The Morgan fingerprint density at radius 2 is 2.00 bits per heavy atom. The molecule has 0 aliphatic heterocycles. The van der Waals surface area contributed by atoms with Crippen molar-refractivity contribution >= 4 is 16.9 Å². The number of nitrogens with one attached hydrogen (secondary N) is 1. The molecule has 1 amide bonds. The van der Waals surface area contributed by atoms with E-state index in [2.05, 4.69) is 25.4 Å². The lowest BCUT2D eigenvalue weighted by molar-refractivity contribution is 0.100. The molecule has 4 N–H and O–H groups in total. The number of hydrogen-bond donors (Lipinski definition) is 3. The number of hydrogen-bond acceptors (Lipinski definition) is 6. The van der Waals surface area contributed by atoms with Crippen LogP contribution in [-0.2, 0) is 13.6 Å². The summed E-state index contributed by atoms with van der Waals surface area (Å²) >= 11 is 0. The van der Waals surface area contributed by atoms with Crippen molar-refractivity contribution in [2.45, 2.75) is 6.54 Å². The predicted octanol–water partition coefficient (Wildman–Crippen LogP) is 2.07. The van der Waals surface area contributed by atoms with E-state index >= 15 is 0 Å². The fraction of sp³-hybridized carbons (Fsp3) is 0.0952. The smallest absolute Gasteiger partial charge is 0.248 e. The van der Waals surface area contributed by atoms with Crippen LogP contribution in [0.5, 0.6) is 5.75 Å². The third-order valence-corrected chi connectivity index (χ3v) is 5.06. The van der Waals surface area contributed by atoms with Crippen molar-refractivity contribution in [1.82, 2.24) is 34.7 Å². The molecule has 5 rings (SSSR count). The van der Waals surface area contributed by atoms with Gasteiger partial charge in [-0.15, -0.1) is 5.10 Å². The maximum absolute atomic E-state index is 11.4. The minimum absolute atomic E-state index is 0.0145. The fourth-order valence-electron chi connectivity index (χ4n) is 3.52. The number of nitrogens with zero attached hydrogens (tertiary/aromatic N) is 6. The van der Waals surface area contributed by atoms with Gasteiger partial charge < -0.3 is 15.8 Å². The predicted molar refractivity (Wildman–Crippen MR) is 113 cm³/mol. The third kappa shape index (κ3) is 3.29. The molecule has 3 aromatic heterocycles. The van der Waals surface area contributed by atoms with Crippen LogP contribution >= 0.6 is 0 Å². The highest BCUT2D eigenvalue weighted by Gasteiger charge is 2.21. The van der Waals surface area contributed by atoms with E-state index < -0.39 is 5.91 Å². The van der Waals surface area contributed by atoms with Crippen molar-refractivity contribution in [3.05, 3.63) is 66.0 Å². The zero-order valence-electron chi connectivity index (χ0n) is 16.5. The molecule has 0 aliphatic rings. The van der Waals surface area contributed by atoms with Gasteiger partial charge in [0.05, 0.1) is 23.8 Å². The molecule has 5 aromatic rings. The van der Waals surface area contributed by atoms with Gasteiger partial charge in [-0.05, 0) is 23.8 Å². The molecule has 0 spiro atoms. The van der Waals surface area contributed by atoms with Gasteiger partial charge in [-0.25, -0.2) is 9.67 Å². The summed E-state index contributed by atoms with van der Waals surface area (Å²) in [5.74, 6) is -0.0603. The Morgan fingerprint density at radius 1 is 1.19 bits per heavy atom. The minimum Gasteiger partial charge on any atom is -0.504 e. The molecule has 10 heteroatoms. The fourth-order valence-corrected chi connectivity index (χ4v) is 3.52. The second-order valence-corrected chi connectivity index (χ2v) is 7.15. The molecule has 0 radical (unpaired) electrons. The van der Waals surface area contributed by atoms with E-state index in [1.807, 2.05) is 24.3 Å². The molecule has 0 unspecified atom stereocenters. The van der Waals surface area contributed by atoms with Gasteiger partial charge in [0.2, 0.25) is 5.91 Å². The van der Waals surface area contributed by atoms with Crippen LogP contribution in [0, 0.1) is 0 Å². The average molecular weight is 414 g/mol. The minimum atomic E-state index is -0.518. The van der Waals surface area contributed by atoms with Crippen LogP contribution in [-0.4, -0.2) is 45.8 Å². The van der Waals surface area contributed by atoms with Crippen LogP contribution in [0.15, 0.2) is 54.9 Å². The average Bonchev–Trinajstić information content (AvgIpc) is 3.47. The highest BCUT2D eigenvalue weighted by molar-refractivity contribution is 5.96. The lowest BCUT2D eigenvalue weighted by Gasteiger charge is -2.03. The van der Waals surface area contributed by atoms with E-state index in [-0.39, 0.29) is 5.75 Å². The van der Waals surface area contributed by atoms with Gasteiger partial charge in [0.25, 0.3) is 0 Å². The van der Waals surface area contributed by atoms with Gasteiger partial charge in [0, 0.05) is 24.4 Å². The zero-order valence-corrected chi connectivity index (χ0v) is 16.5. The number of carbonyl (C=O) groups is 1. The topological polar surface area (TPSA) is 141 Å². The Bertz CT molecular complexity index is 1400. The highest BCUT2D eigenvalue weighted by atomic mass is 16.3. The normalized spacial score (nSPS) is 11.3. The number of aromatic nitrogens is 7. The molecule has 0 fully saturated rings. The van der Waals surface area contributed by atoms with Crippen LogP contribution in [0.1, 0.15) is 15.9 Å². The first kappa shape index (κ1) is 18.6. The number of rotatable bonds is 5. The van der Waals surface area contributed by atoms with Gasteiger partial charge in [-0.3, -0.25) is 9.48 Å². The number of imidazole rings is 1. The summed E-state index contributed by atoms with van der Waals surface area (Å²) in [6.45, 7) is 0.603. The molecule has 0 bridgehead atoms. The first-order valence-corrected chi connectivity index (χ1v) is 9.49.